The first-order valence-corrected chi connectivity index (χ1v) is 10.8. The van der Waals surface area contributed by atoms with Crippen molar-refractivity contribution in [2.24, 2.45) is 24.3 Å². The molecule has 5 nitrogen and oxygen atoms in total. The van der Waals surface area contributed by atoms with Gasteiger partial charge in [-0.1, -0.05) is 24.6 Å². The lowest BCUT2D eigenvalue weighted by Crippen LogP contribution is -2.64. The maximum atomic E-state index is 14.4. The summed E-state index contributed by atoms with van der Waals surface area (Å²) >= 11 is 0. The molecule has 154 valence electrons. The Balaban J connectivity index is 1.34. The number of likely N-dealkylation sites (tertiary alicyclic amines) is 2. The van der Waals surface area contributed by atoms with Crippen LogP contribution in [0.1, 0.15) is 30.4 Å². The van der Waals surface area contributed by atoms with Gasteiger partial charge in [0.2, 0.25) is 5.91 Å². The number of benzene rings is 1. The first-order valence-electron chi connectivity index (χ1n) is 10.8. The summed E-state index contributed by atoms with van der Waals surface area (Å²) in [6.45, 7) is 3.93. The molecule has 1 amide bonds. The van der Waals surface area contributed by atoms with Gasteiger partial charge < -0.3 is 4.90 Å². The summed E-state index contributed by atoms with van der Waals surface area (Å²) in [6.07, 6.45) is 8.18. The molecule has 2 aromatic rings. The number of fused-ring (bicyclic) bond motifs is 1. The second-order valence-electron chi connectivity index (χ2n) is 9.38. The summed E-state index contributed by atoms with van der Waals surface area (Å²) in [4.78, 5) is 18.0. The van der Waals surface area contributed by atoms with Gasteiger partial charge in [0, 0.05) is 51.5 Å². The summed E-state index contributed by atoms with van der Waals surface area (Å²) in [5.41, 5.74) is 1.29. The zero-order valence-corrected chi connectivity index (χ0v) is 17.1. The molecule has 6 heteroatoms. The smallest absolute Gasteiger partial charge is 0.231 e. The molecule has 0 spiro atoms. The van der Waals surface area contributed by atoms with Crippen molar-refractivity contribution < 1.29 is 9.18 Å². The number of nitrogens with zero attached hydrogens (tertiary/aromatic N) is 4. The van der Waals surface area contributed by atoms with Crippen molar-refractivity contribution in [3.05, 3.63) is 53.6 Å². The molecule has 5 rings (SSSR count). The van der Waals surface area contributed by atoms with Gasteiger partial charge in [0.25, 0.3) is 0 Å². The highest BCUT2D eigenvalue weighted by Crippen LogP contribution is 2.43. The molecule has 2 atom stereocenters. The minimum atomic E-state index is -0.511. The Morgan fingerprint density at radius 2 is 1.93 bits per heavy atom. The largest absolute Gasteiger partial charge is 0.342 e. The number of carbonyl (C=O) groups excluding carboxylic acids is 1. The molecular weight excluding hydrogens is 367 g/mol. The van der Waals surface area contributed by atoms with E-state index in [0.29, 0.717) is 36.9 Å². The summed E-state index contributed by atoms with van der Waals surface area (Å²) in [7, 11) is 1.91. The normalized spacial score (nSPS) is 25.8. The Morgan fingerprint density at radius 1 is 1.21 bits per heavy atom. The van der Waals surface area contributed by atoms with Crippen LogP contribution in [-0.2, 0) is 24.8 Å². The fourth-order valence-electron chi connectivity index (χ4n) is 5.80. The van der Waals surface area contributed by atoms with Crippen LogP contribution >= 0.6 is 0 Å². The molecule has 3 aliphatic rings. The van der Waals surface area contributed by atoms with Gasteiger partial charge in [-0.2, -0.15) is 5.10 Å². The third-order valence-corrected chi connectivity index (χ3v) is 7.17. The lowest BCUT2D eigenvalue weighted by Gasteiger charge is -2.50. The number of halogens is 1. The van der Waals surface area contributed by atoms with Crippen molar-refractivity contribution in [2.45, 2.75) is 32.2 Å². The molecule has 1 aromatic heterocycles. The molecule has 3 fully saturated rings. The van der Waals surface area contributed by atoms with Crippen LogP contribution in [-0.4, -0.2) is 51.7 Å². The average Bonchev–Trinajstić information content (AvgIpc) is 3.37. The maximum absolute atomic E-state index is 14.4. The predicted molar refractivity (Wildman–Crippen MR) is 108 cm³/mol. The number of aromatic nitrogens is 2. The number of aryl methyl sites for hydroxylation is 1. The molecule has 0 N–H and O–H groups in total. The number of hydrogen-bond donors (Lipinski definition) is 0. The van der Waals surface area contributed by atoms with E-state index in [1.54, 1.807) is 10.7 Å². The van der Waals surface area contributed by atoms with Gasteiger partial charge in [0.15, 0.2) is 0 Å². The van der Waals surface area contributed by atoms with Gasteiger partial charge in [0.1, 0.15) is 5.82 Å². The topological polar surface area (TPSA) is 41.4 Å². The van der Waals surface area contributed by atoms with E-state index in [-0.39, 0.29) is 11.7 Å². The van der Waals surface area contributed by atoms with Crippen molar-refractivity contribution in [3.8, 4) is 0 Å². The molecule has 0 unspecified atom stereocenters. The van der Waals surface area contributed by atoms with Crippen molar-refractivity contribution in [1.29, 1.82) is 0 Å². The fourth-order valence-corrected chi connectivity index (χ4v) is 5.80. The Labute approximate surface area is 171 Å². The standard InChI is InChI=1S/C23H29FN4O/c1-26-11-17(10-25-26)12-27-15-23(16-27,9-18-5-2-3-8-21(18)24)22(29)28-13-19-6-4-7-20(19)14-28/h2-3,5,8,10-11,19-20H,4,6-7,9,12-16H2,1H3/t19-,20+. The molecule has 3 heterocycles. The van der Waals surface area contributed by atoms with Gasteiger partial charge in [-0.3, -0.25) is 14.4 Å². The summed E-state index contributed by atoms with van der Waals surface area (Å²) in [6, 6.07) is 6.90. The number of amides is 1. The SMILES string of the molecule is Cn1cc(CN2CC(Cc3ccccc3F)(C(=O)N3C[C@H]4CCC[C@H]4C3)C2)cn1. The molecule has 2 aliphatic heterocycles. The van der Waals surface area contributed by atoms with Gasteiger partial charge in [-0.05, 0) is 42.7 Å². The summed E-state index contributed by atoms with van der Waals surface area (Å²) in [5, 5.41) is 4.24. The Hall–Kier alpha value is -2.21. The van der Waals surface area contributed by atoms with Crippen LogP contribution in [0.3, 0.4) is 0 Å². The first kappa shape index (κ1) is 18.8. The Kier molecular flexibility index (Phi) is 4.69. The maximum Gasteiger partial charge on any atom is 0.231 e. The highest BCUT2D eigenvalue weighted by molar-refractivity contribution is 5.85. The lowest BCUT2D eigenvalue weighted by molar-refractivity contribution is -0.153. The third kappa shape index (κ3) is 3.48. The summed E-state index contributed by atoms with van der Waals surface area (Å²) in [5.74, 6) is 1.38. The highest BCUT2D eigenvalue weighted by Gasteiger charge is 2.53. The van der Waals surface area contributed by atoms with Gasteiger partial charge in [0.05, 0.1) is 11.6 Å². The van der Waals surface area contributed by atoms with E-state index in [9.17, 15) is 9.18 Å². The van der Waals surface area contributed by atoms with E-state index in [4.69, 9.17) is 0 Å². The van der Waals surface area contributed by atoms with E-state index >= 15 is 0 Å². The van der Waals surface area contributed by atoms with Crippen LogP contribution in [0.15, 0.2) is 36.7 Å². The molecule has 0 bridgehead atoms. The van der Waals surface area contributed by atoms with Crippen LogP contribution in [0.25, 0.3) is 0 Å². The Bertz CT molecular complexity index is 892. The minimum Gasteiger partial charge on any atom is -0.342 e. The summed E-state index contributed by atoms with van der Waals surface area (Å²) < 4.78 is 16.2. The highest BCUT2D eigenvalue weighted by atomic mass is 19.1. The molecule has 1 aliphatic carbocycles. The Morgan fingerprint density at radius 3 is 2.59 bits per heavy atom. The molecule has 1 saturated carbocycles. The molecule has 2 saturated heterocycles. The molecule has 29 heavy (non-hydrogen) atoms. The van der Waals surface area contributed by atoms with Crippen molar-refractivity contribution in [3.63, 3.8) is 0 Å². The molecule has 1 aromatic carbocycles. The zero-order chi connectivity index (χ0) is 20.0. The zero-order valence-electron chi connectivity index (χ0n) is 17.1. The van der Waals surface area contributed by atoms with E-state index < -0.39 is 5.41 Å². The van der Waals surface area contributed by atoms with Gasteiger partial charge >= 0.3 is 0 Å². The molecule has 0 radical (unpaired) electrons. The first-order chi connectivity index (χ1) is 14.0. The monoisotopic (exact) mass is 396 g/mol. The van der Waals surface area contributed by atoms with Crippen molar-refractivity contribution >= 4 is 5.91 Å². The van der Waals surface area contributed by atoms with Crippen LogP contribution in [0.5, 0.6) is 0 Å². The van der Waals surface area contributed by atoms with Crippen LogP contribution in [0.4, 0.5) is 4.39 Å². The lowest BCUT2D eigenvalue weighted by atomic mass is 9.73. The number of carbonyl (C=O) groups is 1. The van der Waals surface area contributed by atoms with Crippen LogP contribution in [0.2, 0.25) is 0 Å². The molecular formula is C23H29FN4O. The average molecular weight is 397 g/mol. The van der Waals surface area contributed by atoms with E-state index in [0.717, 1.165) is 25.2 Å². The van der Waals surface area contributed by atoms with Crippen LogP contribution in [0, 0.1) is 23.1 Å². The second-order valence-corrected chi connectivity index (χ2v) is 9.38. The predicted octanol–water partition coefficient (Wildman–Crippen LogP) is 2.86. The third-order valence-electron chi connectivity index (χ3n) is 7.17. The minimum absolute atomic E-state index is 0.205. The van der Waals surface area contributed by atoms with E-state index in [1.807, 2.05) is 31.6 Å². The van der Waals surface area contributed by atoms with Crippen LogP contribution < -0.4 is 0 Å². The second kappa shape index (κ2) is 7.24. The van der Waals surface area contributed by atoms with Crippen molar-refractivity contribution in [2.75, 3.05) is 26.2 Å². The van der Waals surface area contributed by atoms with Gasteiger partial charge in [-0.25, -0.2) is 4.39 Å². The fraction of sp³-hybridized carbons (Fsp3) is 0.565. The van der Waals surface area contributed by atoms with E-state index in [2.05, 4.69) is 14.9 Å². The van der Waals surface area contributed by atoms with Gasteiger partial charge in [-0.15, -0.1) is 0 Å². The van der Waals surface area contributed by atoms with E-state index in [1.165, 1.54) is 25.3 Å². The number of hydrogen-bond acceptors (Lipinski definition) is 3. The van der Waals surface area contributed by atoms with Crippen molar-refractivity contribution in [1.82, 2.24) is 19.6 Å². The quantitative estimate of drug-likeness (QED) is 0.780. The number of rotatable bonds is 5.